The molecule has 28 heavy (non-hydrogen) atoms. The molecular formula is C21H26N4O2S. The van der Waals surface area contributed by atoms with E-state index >= 15 is 0 Å². The van der Waals surface area contributed by atoms with E-state index < -0.39 is 10.0 Å². The molecule has 0 spiro atoms. The second kappa shape index (κ2) is 7.48. The zero-order valence-electron chi connectivity index (χ0n) is 17.2. The summed E-state index contributed by atoms with van der Waals surface area (Å²) in [5.41, 5.74) is 6.23. The first kappa shape index (κ1) is 20.2. The summed E-state index contributed by atoms with van der Waals surface area (Å²) < 4.78 is 30.4. The summed E-state index contributed by atoms with van der Waals surface area (Å²) in [6.07, 6.45) is 1.68. The van der Waals surface area contributed by atoms with Crippen LogP contribution in [0, 0.1) is 41.5 Å². The Morgan fingerprint density at radius 3 is 2.11 bits per heavy atom. The summed E-state index contributed by atoms with van der Waals surface area (Å²) in [7, 11) is -3.63. The van der Waals surface area contributed by atoms with Crippen molar-refractivity contribution in [2.24, 2.45) is 0 Å². The van der Waals surface area contributed by atoms with Gasteiger partial charge in [0, 0.05) is 18.4 Å². The molecule has 2 heterocycles. The van der Waals surface area contributed by atoms with Gasteiger partial charge in [-0.25, -0.2) is 22.8 Å². The fourth-order valence-corrected chi connectivity index (χ4v) is 4.97. The van der Waals surface area contributed by atoms with Crippen LogP contribution in [0.15, 0.2) is 35.4 Å². The smallest absolute Gasteiger partial charge is 0.237 e. The molecule has 2 aromatic heterocycles. The molecule has 0 fully saturated rings. The van der Waals surface area contributed by atoms with Crippen molar-refractivity contribution in [1.29, 1.82) is 0 Å². The number of aromatic nitrogens is 3. The molecule has 0 unspecified atom stereocenters. The van der Waals surface area contributed by atoms with E-state index in [4.69, 9.17) is 0 Å². The number of nitrogens with zero attached hydrogens (tertiary/aromatic N) is 3. The molecular weight excluding hydrogens is 372 g/mol. The Morgan fingerprint density at radius 2 is 1.61 bits per heavy atom. The van der Waals surface area contributed by atoms with Crippen molar-refractivity contribution in [3.05, 3.63) is 69.7 Å². The molecule has 1 N–H and O–H groups in total. The molecule has 1 aromatic carbocycles. The van der Waals surface area contributed by atoms with Crippen LogP contribution in [0.4, 0.5) is 0 Å². The van der Waals surface area contributed by atoms with Gasteiger partial charge < -0.3 is 0 Å². The number of aryl methyl sites for hydroxylation is 4. The molecule has 0 aliphatic rings. The Kier molecular flexibility index (Phi) is 5.41. The van der Waals surface area contributed by atoms with Gasteiger partial charge in [-0.3, -0.25) is 0 Å². The zero-order valence-corrected chi connectivity index (χ0v) is 18.0. The van der Waals surface area contributed by atoms with Gasteiger partial charge in [0.05, 0.1) is 10.6 Å². The van der Waals surface area contributed by atoms with Crippen LogP contribution in [0.2, 0.25) is 0 Å². The molecule has 0 amide bonds. The lowest BCUT2D eigenvalue weighted by molar-refractivity contribution is 0.579. The van der Waals surface area contributed by atoms with Gasteiger partial charge in [-0.2, -0.15) is 5.10 Å². The Hall–Kier alpha value is -2.51. The van der Waals surface area contributed by atoms with Crippen molar-refractivity contribution in [2.45, 2.75) is 53.0 Å². The number of hydrogen-bond donors (Lipinski definition) is 1. The molecule has 0 bridgehead atoms. The SMILES string of the molecule is Cc1cc(C)n(-c2ccc(CNS(=O)(=O)c3c(C)c(C)cc(C)c3C)cn2)n1. The Balaban J connectivity index is 1.82. The Bertz CT molecular complexity index is 1100. The predicted octanol–water partition coefficient (Wildman–Crippen LogP) is 3.60. The largest absolute Gasteiger partial charge is 0.241 e. The molecule has 0 saturated carbocycles. The van der Waals surface area contributed by atoms with Crippen molar-refractivity contribution in [3.8, 4) is 5.82 Å². The van der Waals surface area contributed by atoms with E-state index in [1.165, 1.54) is 0 Å². The number of benzene rings is 1. The number of rotatable bonds is 5. The van der Waals surface area contributed by atoms with E-state index in [9.17, 15) is 8.42 Å². The lowest BCUT2D eigenvalue weighted by Gasteiger charge is -2.16. The lowest BCUT2D eigenvalue weighted by Crippen LogP contribution is -2.25. The summed E-state index contributed by atoms with van der Waals surface area (Å²) in [6.45, 7) is 11.6. The zero-order chi connectivity index (χ0) is 20.6. The number of hydrogen-bond acceptors (Lipinski definition) is 4. The van der Waals surface area contributed by atoms with E-state index in [1.807, 2.05) is 65.8 Å². The first-order chi connectivity index (χ1) is 13.1. The highest BCUT2D eigenvalue weighted by atomic mass is 32.2. The summed E-state index contributed by atoms with van der Waals surface area (Å²) in [6, 6.07) is 7.71. The van der Waals surface area contributed by atoms with Gasteiger partial charge in [-0.1, -0.05) is 12.1 Å². The van der Waals surface area contributed by atoms with Gasteiger partial charge in [0.25, 0.3) is 0 Å². The minimum Gasteiger partial charge on any atom is -0.237 e. The van der Waals surface area contributed by atoms with E-state index in [0.717, 1.165) is 39.2 Å². The molecule has 3 aromatic rings. The second-order valence-electron chi connectivity index (χ2n) is 7.28. The van der Waals surface area contributed by atoms with Crippen molar-refractivity contribution in [3.63, 3.8) is 0 Å². The third-order valence-corrected chi connectivity index (χ3v) is 6.74. The number of nitrogens with one attached hydrogen (secondary N) is 1. The second-order valence-corrected chi connectivity index (χ2v) is 8.98. The minimum absolute atomic E-state index is 0.179. The molecule has 148 valence electrons. The standard InChI is InChI=1S/C21H26N4O2S/c1-13-9-14(2)18(6)21(17(13)5)28(26,27)23-12-19-7-8-20(22-11-19)25-16(4)10-15(3)24-25/h7-11,23H,12H2,1-6H3. The van der Waals surface area contributed by atoms with Gasteiger partial charge >= 0.3 is 0 Å². The summed E-state index contributed by atoms with van der Waals surface area (Å²) in [4.78, 5) is 4.80. The lowest BCUT2D eigenvalue weighted by atomic mass is 10.0. The van der Waals surface area contributed by atoms with Gasteiger partial charge in [0.2, 0.25) is 10.0 Å². The minimum atomic E-state index is -3.63. The van der Waals surface area contributed by atoms with Crippen LogP contribution in [0.3, 0.4) is 0 Å². The summed E-state index contributed by atoms with van der Waals surface area (Å²) in [5, 5.41) is 4.41. The quantitative estimate of drug-likeness (QED) is 0.712. The fourth-order valence-electron chi connectivity index (χ4n) is 3.34. The molecule has 3 rings (SSSR count). The van der Waals surface area contributed by atoms with Crippen LogP contribution < -0.4 is 4.72 Å². The highest BCUT2D eigenvalue weighted by Crippen LogP contribution is 2.26. The first-order valence-electron chi connectivity index (χ1n) is 9.16. The van der Waals surface area contributed by atoms with Crippen molar-refractivity contribution < 1.29 is 8.42 Å². The van der Waals surface area contributed by atoms with Crippen LogP contribution in [-0.2, 0) is 16.6 Å². The van der Waals surface area contributed by atoms with E-state index in [-0.39, 0.29) is 6.54 Å². The maximum absolute atomic E-state index is 12.9. The molecule has 7 heteroatoms. The van der Waals surface area contributed by atoms with Crippen LogP contribution in [0.25, 0.3) is 5.82 Å². The Morgan fingerprint density at radius 1 is 0.964 bits per heavy atom. The van der Waals surface area contributed by atoms with Crippen LogP contribution in [-0.4, -0.2) is 23.2 Å². The third kappa shape index (κ3) is 3.86. The van der Waals surface area contributed by atoms with Gasteiger partial charge in [-0.05, 0) is 81.5 Å². The molecule has 0 aliphatic carbocycles. The van der Waals surface area contributed by atoms with Crippen molar-refractivity contribution in [1.82, 2.24) is 19.5 Å². The van der Waals surface area contributed by atoms with Crippen LogP contribution >= 0.6 is 0 Å². The maximum Gasteiger partial charge on any atom is 0.241 e. The van der Waals surface area contributed by atoms with Crippen LogP contribution in [0.5, 0.6) is 0 Å². The summed E-state index contributed by atoms with van der Waals surface area (Å²) >= 11 is 0. The fraction of sp³-hybridized carbons (Fsp3) is 0.333. The predicted molar refractivity (Wildman–Crippen MR) is 110 cm³/mol. The number of sulfonamides is 1. The van der Waals surface area contributed by atoms with Gasteiger partial charge in [-0.15, -0.1) is 0 Å². The molecule has 0 saturated heterocycles. The molecule has 0 radical (unpaired) electrons. The van der Waals surface area contributed by atoms with E-state index in [0.29, 0.717) is 10.7 Å². The van der Waals surface area contributed by atoms with Crippen molar-refractivity contribution >= 4 is 10.0 Å². The highest BCUT2D eigenvalue weighted by molar-refractivity contribution is 7.89. The van der Waals surface area contributed by atoms with Crippen LogP contribution in [0.1, 0.15) is 39.2 Å². The van der Waals surface area contributed by atoms with Gasteiger partial charge in [0.1, 0.15) is 0 Å². The van der Waals surface area contributed by atoms with Gasteiger partial charge in [0.15, 0.2) is 5.82 Å². The Labute approximate surface area is 166 Å². The van der Waals surface area contributed by atoms with Crippen molar-refractivity contribution in [2.75, 3.05) is 0 Å². The normalized spacial score (nSPS) is 11.8. The highest BCUT2D eigenvalue weighted by Gasteiger charge is 2.21. The topological polar surface area (TPSA) is 76.9 Å². The molecule has 0 atom stereocenters. The average Bonchev–Trinajstić information content (AvgIpc) is 2.97. The maximum atomic E-state index is 12.9. The average molecular weight is 399 g/mol. The molecule has 0 aliphatic heterocycles. The van der Waals surface area contributed by atoms with E-state index in [2.05, 4.69) is 14.8 Å². The molecule has 6 nitrogen and oxygen atoms in total. The van der Waals surface area contributed by atoms with E-state index in [1.54, 1.807) is 10.9 Å². The first-order valence-corrected chi connectivity index (χ1v) is 10.6. The third-order valence-electron chi connectivity index (χ3n) is 5.07. The monoisotopic (exact) mass is 398 g/mol. The summed E-state index contributed by atoms with van der Waals surface area (Å²) in [5.74, 6) is 0.707. The number of pyridine rings is 1.